The van der Waals surface area contributed by atoms with E-state index in [0.29, 0.717) is 11.5 Å². The minimum Gasteiger partial charge on any atom is -0.452 e. The highest BCUT2D eigenvalue weighted by Crippen LogP contribution is 2.26. The Kier molecular flexibility index (Phi) is 5.89. The molecule has 28 heavy (non-hydrogen) atoms. The van der Waals surface area contributed by atoms with E-state index in [9.17, 15) is 9.59 Å². The molecule has 3 rings (SSSR count). The number of hydrogen-bond acceptors (Lipinski definition) is 5. The number of aryl methyl sites for hydroxylation is 1. The summed E-state index contributed by atoms with van der Waals surface area (Å²) in [5, 5.41) is 3.97. The van der Waals surface area contributed by atoms with Crippen molar-refractivity contribution in [1.29, 1.82) is 0 Å². The number of rotatable bonds is 6. The van der Waals surface area contributed by atoms with Crippen LogP contribution in [-0.4, -0.2) is 29.7 Å². The second-order valence-electron chi connectivity index (χ2n) is 6.60. The van der Waals surface area contributed by atoms with Gasteiger partial charge in [0.15, 0.2) is 6.61 Å². The summed E-state index contributed by atoms with van der Waals surface area (Å²) < 4.78 is 10.5. The normalized spacial score (nSPS) is 10.7. The van der Waals surface area contributed by atoms with Crippen LogP contribution in [-0.2, 0) is 9.53 Å². The molecule has 0 aliphatic carbocycles. The summed E-state index contributed by atoms with van der Waals surface area (Å²) >= 11 is 0. The quantitative estimate of drug-likeness (QED) is 0.600. The minimum atomic E-state index is -0.636. The predicted molar refractivity (Wildman–Crippen MR) is 106 cm³/mol. The van der Waals surface area contributed by atoms with Gasteiger partial charge < -0.3 is 14.2 Å². The molecule has 0 fully saturated rings. The maximum Gasteiger partial charge on any atom is 0.344 e. The van der Waals surface area contributed by atoms with Gasteiger partial charge in [0.1, 0.15) is 17.0 Å². The zero-order valence-corrected chi connectivity index (χ0v) is 16.1. The fraction of sp³-hybridized carbons (Fsp3) is 0.227. The van der Waals surface area contributed by atoms with Crippen LogP contribution in [0.3, 0.4) is 0 Å². The Morgan fingerprint density at radius 1 is 1.04 bits per heavy atom. The Labute approximate surface area is 163 Å². The largest absolute Gasteiger partial charge is 0.452 e. The van der Waals surface area contributed by atoms with Crippen LogP contribution < -0.4 is 4.90 Å². The number of carbonyl (C=O) groups is 2. The molecule has 0 aliphatic rings. The Bertz CT molecular complexity index is 949. The first-order chi connectivity index (χ1) is 13.5. The summed E-state index contributed by atoms with van der Waals surface area (Å²) in [6.07, 6.45) is 0. The maximum absolute atomic E-state index is 12.7. The average molecular weight is 378 g/mol. The molecular weight excluding hydrogens is 356 g/mol. The lowest BCUT2D eigenvalue weighted by atomic mass is 10.1. The highest BCUT2D eigenvalue weighted by atomic mass is 16.5. The van der Waals surface area contributed by atoms with Gasteiger partial charge in [-0.3, -0.25) is 4.79 Å². The molecule has 3 aromatic rings. The zero-order chi connectivity index (χ0) is 20.1. The summed E-state index contributed by atoms with van der Waals surface area (Å²) in [5.74, 6) is -0.590. The summed E-state index contributed by atoms with van der Waals surface area (Å²) in [6.45, 7) is 5.09. The molecule has 6 heteroatoms. The standard InChI is InChI=1S/C22H22N2O4/c1-15(2)24(18-12-8-5-9-13-18)19(25)14-27-22(26)20-16(3)28-23-21(20)17-10-6-4-7-11-17/h4-13,15H,14H2,1-3H3. The Hall–Kier alpha value is -3.41. The Morgan fingerprint density at radius 2 is 1.64 bits per heavy atom. The van der Waals surface area contributed by atoms with Crippen molar-refractivity contribution in [3.63, 3.8) is 0 Å². The molecular formula is C22H22N2O4. The smallest absolute Gasteiger partial charge is 0.344 e. The van der Waals surface area contributed by atoms with Crippen molar-refractivity contribution in [2.45, 2.75) is 26.8 Å². The van der Waals surface area contributed by atoms with Gasteiger partial charge in [-0.05, 0) is 32.9 Å². The topological polar surface area (TPSA) is 72.6 Å². The van der Waals surface area contributed by atoms with Gasteiger partial charge in [-0.15, -0.1) is 0 Å². The van der Waals surface area contributed by atoms with Crippen LogP contribution in [0, 0.1) is 6.92 Å². The van der Waals surface area contributed by atoms with E-state index in [1.54, 1.807) is 11.8 Å². The summed E-state index contributed by atoms with van der Waals surface area (Å²) in [6, 6.07) is 18.4. The molecule has 0 aliphatic heterocycles. The number of hydrogen-bond donors (Lipinski definition) is 0. The third-order valence-electron chi connectivity index (χ3n) is 4.26. The van der Waals surface area contributed by atoms with Crippen molar-refractivity contribution in [3.8, 4) is 11.3 Å². The number of nitrogens with zero attached hydrogens (tertiary/aromatic N) is 2. The minimum absolute atomic E-state index is 0.0780. The zero-order valence-electron chi connectivity index (χ0n) is 16.1. The predicted octanol–water partition coefficient (Wildman–Crippen LogP) is 4.25. The molecule has 0 atom stereocenters. The molecule has 0 radical (unpaired) electrons. The number of esters is 1. The average Bonchev–Trinajstić information content (AvgIpc) is 3.09. The van der Waals surface area contributed by atoms with Crippen molar-refractivity contribution in [1.82, 2.24) is 5.16 Å². The van der Waals surface area contributed by atoms with Crippen molar-refractivity contribution >= 4 is 17.6 Å². The third kappa shape index (κ3) is 4.11. The fourth-order valence-electron chi connectivity index (χ4n) is 2.99. The van der Waals surface area contributed by atoms with E-state index >= 15 is 0 Å². The summed E-state index contributed by atoms with van der Waals surface area (Å²) in [7, 11) is 0. The van der Waals surface area contributed by atoms with Gasteiger partial charge in [-0.25, -0.2) is 4.79 Å². The molecule has 0 spiro atoms. The maximum atomic E-state index is 12.7. The first kappa shape index (κ1) is 19.4. The SMILES string of the molecule is Cc1onc(-c2ccccc2)c1C(=O)OCC(=O)N(c1ccccc1)C(C)C. The van der Waals surface area contributed by atoms with E-state index in [-0.39, 0.29) is 24.1 Å². The molecule has 1 aromatic heterocycles. The number of benzene rings is 2. The second kappa shape index (κ2) is 8.52. The van der Waals surface area contributed by atoms with Gasteiger partial charge in [-0.2, -0.15) is 0 Å². The van der Waals surface area contributed by atoms with Crippen LogP contribution in [0.1, 0.15) is 30.0 Å². The molecule has 0 saturated carbocycles. The molecule has 144 valence electrons. The molecule has 0 saturated heterocycles. The van der Waals surface area contributed by atoms with Crippen LogP contribution in [0.4, 0.5) is 5.69 Å². The molecule has 2 aromatic carbocycles. The van der Waals surface area contributed by atoms with Gasteiger partial charge in [0.05, 0.1) is 0 Å². The highest BCUT2D eigenvalue weighted by Gasteiger charge is 2.25. The monoisotopic (exact) mass is 378 g/mol. The Morgan fingerprint density at radius 3 is 2.25 bits per heavy atom. The van der Waals surface area contributed by atoms with E-state index in [4.69, 9.17) is 9.26 Å². The van der Waals surface area contributed by atoms with Gasteiger partial charge >= 0.3 is 5.97 Å². The van der Waals surface area contributed by atoms with E-state index in [1.807, 2.05) is 74.5 Å². The molecule has 6 nitrogen and oxygen atoms in total. The highest BCUT2D eigenvalue weighted by molar-refractivity contribution is 6.00. The molecule has 0 N–H and O–H groups in total. The van der Waals surface area contributed by atoms with Crippen LogP contribution in [0.15, 0.2) is 65.2 Å². The third-order valence-corrected chi connectivity index (χ3v) is 4.26. The lowest BCUT2D eigenvalue weighted by Crippen LogP contribution is -2.39. The van der Waals surface area contributed by atoms with Crippen LogP contribution in [0.5, 0.6) is 0 Å². The fourth-order valence-corrected chi connectivity index (χ4v) is 2.99. The Balaban J connectivity index is 1.76. The first-order valence-corrected chi connectivity index (χ1v) is 9.05. The lowest BCUT2D eigenvalue weighted by molar-refractivity contribution is -0.122. The van der Waals surface area contributed by atoms with Crippen molar-refractivity contribution in [2.75, 3.05) is 11.5 Å². The van der Waals surface area contributed by atoms with Crippen LogP contribution in [0.25, 0.3) is 11.3 Å². The van der Waals surface area contributed by atoms with Gasteiger partial charge in [0.2, 0.25) is 0 Å². The van der Waals surface area contributed by atoms with E-state index in [2.05, 4.69) is 5.16 Å². The van der Waals surface area contributed by atoms with Crippen molar-refractivity contribution in [2.24, 2.45) is 0 Å². The summed E-state index contributed by atoms with van der Waals surface area (Å²) in [5.41, 5.74) is 2.13. The van der Waals surface area contributed by atoms with E-state index in [0.717, 1.165) is 11.3 Å². The van der Waals surface area contributed by atoms with Crippen LogP contribution >= 0.6 is 0 Å². The molecule has 0 unspecified atom stereocenters. The van der Waals surface area contributed by atoms with Gasteiger partial charge in [0.25, 0.3) is 5.91 Å². The number of para-hydroxylation sites is 1. The molecule has 0 bridgehead atoms. The number of aromatic nitrogens is 1. The summed E-state index contributed by atoms with van der Waals surface area (Å²) in [4.78, 5) is 27.0. The van der Waals surface area contributed by atoms with Gasteiger partial charge in [-0.1, -0.05) is 53.7 Å². The van der Waals surface area contributed by atoms with E-state index < -0.39 is 5.97 Å². The van der Waals surface area contributed by atoms with Crippen LogP contribution in [0.2, 0.25) is 0 Å². The number of ether oxygens (including phenoxy) is 1. The second-order valence-corrected chi connectivity index (χ2v) is 6.60. The number of carbonyl (C=O) groups excluding carboxylic acids is 2. The molecule has 1 amide bonds. The van der Waals surface area contributed by atoms with E-state index in [1.165, 1.54) is 0 Å². The number of anilines is 1. The lowest BCUT2D eigenvalue weighted by Gasteiger charge is -2.26. The molecule has 1 heterocycles. The number of amides is 1. The van der Waals surface area contributed by atoms with Crippen molar-refractivity contribution < 1.29 is 18.8 Å². The first-order valence-electron chi connectivity index (χ1n) is 9.05. The van der Waals surface area contributed by atoms with Gasteiger partial charge in [0, 0.05) is 17.3 Å². The van der Waals surface area contributed by atoms with Crippen molar-refractivity contribution in [3.05, 3.63) is 72.0 Å².